The molecule has 14 heavy (non-hydrogen) atoms. The number of hydrogen-bond acceptors (Lipinski definition) is 2. The number of amides is 2. The molecule has 0 N–H and O–H groups in total. The summed E-state index contributed by atoms with van der Waals surface area (Å²) in [6, 6.07) is 0. The maximum atomic E-state index is 11.5. The van der Waals surface area contributed by atoms with E-state index >= 15 is 0 Å². The Kier molecular flexibility index (Phi) is 2.17. The van der Waals surface area contributed by atoms with Crippen molar-refractivity contribution in [2.24, 2.45) is 0 Å². The van der Waals surface area contributed by atoms with Crippen LogP contribution in [0.15, 0.2) is 12.7 Å². The molecule has 76 valence electrons. The molecule has 1 aliphatic heterocycles. The minimum Gasteiger partial charge on any atom is -0.274 e. The lowest BCUT2D eigenvalue weighted by Gasteiger charge is -2.52. The fraction of sp³-hybridized carbons (Fsp3) is 0.636. The topological polar surface area (TPSA) is 37.4 Å². The molecule has 2 amide bonds. The second kappa shape index (κ2) is 3.23. The quantitative estimate of drug-likeness (QED) is 0.469. The molecule has 3 nitrogen and oxygen atoms in total. The highest BCUT2D eigenvalue weighted by Crippen LogP contribution is 2.43. The molecule has 0 bridgehead atoms. The van der Waals surface area contributed by atoms with E-state index in [1.807, 2.05) is 0 Å². The van der Waals surface area contributed by atoms with Gasteiger partial charge in [0.1, 0.15) is 0 Å². The van der Waals surface area contributed by atoms with E-state index in [1.165, 1.54) is 17.4 Å². The number of nitrogens with zero attached hydrogens (tertiary/aromatic N) is 1. The smallest absolute Gasteiger partial charge is 0.253 e. The van der Waals surface area contributed by atoms with E-state index in [0.717, 1.165) is 25.7 Å². The summed E-state index contributed by atoms with van der Waals surface area (Å²) in [6.07, 6.45) is 7.27. The number of β-lactam (4-membered cyclic amide) rings is 1. The molecule has 0 aromatic rings. The van der Waals surface area contributed by atoms with Gasteiger partial charge >= 0.3 is 0 Å². The minimum absolute atomic E-state index is 0.0307. The van der Waals surface area contributed by atoms with Crippen molar-refractivity contribution in [1.29, 1.82) is 0 Å². The first kappa shape index (κ1) is 9.44. The first-order valence-electron chi connectivity index (χ1n) is 5.19. The number of hydrogen-bond donors (Lipinski definition) is 0. The van der Waals surface area contributed by atoms with Crippen LogP contribution in [0.2, 0.25) is 0 Å². The normalized spacial score (nSPS) is 24.6. The third-order valence-electron chi connectivity index (χ3n) is 3.38. The van der Waals surface area contributed by atoms with Gasteiger partial charge in [0, 0.05) is 0 Å². The van der Waals surface area contributed by atoms with E-state index in [9.17, 15) is 9.59 Å². The summed E-state index contributed by atoms with van der Waals surface area (Å²) in [5.41, 5.74) is -0.124. The van der Waals surface area contributed by atoms with Gasteiger partial charge in [0.25, 0.3) is 5.91 Å². The Morgan fingerprint density at radius 1 is 1.36 bits per heavy atom. The van der Waals surface area contributed by atoms with Crippen LogP contribution in [-0.2, 0) is 9.59 Å². The maximum Gasteiger partial charge on any atom is 0.253 e. The van der Waals surface area contributed by atoms with Crippen molar-refractivity contribution >= 4 is 11.8 Å². The summed E-state index contributed by atoms with van der Waals surface area (Å²) >= 11 is 0. The molecule has 1 spiro atoms. The van der Waals surface area contributed by atoms with E-state index in [0.29, 0.717) is 6.42 Å². The van der Waals surface area contributed by atoms with E-state index in [-0.39, 0.29) is 17.4 Å². The first-order chi connectivity index (χ1) is 6.69. The fourth-order valence-corrected chi connectivity index (χ4v) is 2.67. The summed E-state index contributed by atoms with van der Waals surface area (Å²) in [5.74, 6) is -0.250. The van der Waals surface area contributed by atoms with E-state index in [2.05, 4.69) is 6.58 Å². The monoisotopic (exact) mass is 193 g/mol. The Balaban J connectivity index is 2.16. The third kappa shape index (κ3) is 1.19. The largest absolute Gasteiger partial charge is 0.274 e. The van der Waals surface area contributed by atoms with Crippen molar-refractivity contribution in [1.82, 2.24) is 4.90 Å². The molecule has 3 heteroatoms. The van der Waals surface area contributed by atoms with Crippen molar-refractivity contribution in [3.63, 3.8) is 0 Å². The van der Waals surface area contributed by atoms with Gasteiger partial charge < -0.3 is 0 Å². The van der Waals surface area contributed by atoms with E-state index < -0.39 is 0 Å². The molecule has 1 saturated heterocycles. The number of likely N-dealkylation sites (tertiary alicyclic amines) is 1. The number of carbonyl (C=O) groups is 2. The average Bonchev–Trinajstić information content (AvgIpc) is 2.18. The molecular weight excluding hydrogens is 178 g/mol. The lowest BCUT2D eigenvalue weighted by molar-refractivity contribution is -0.168. The number of rotatable bonds is 1. The number of carbonyl (C=O) groups excluding carboxylic acids is 2. The molecule has 2 rings (SSSR count). The average molecular weight is 193 g/mol. The Morgan fingerprint density at radius 2 is 2.00 bits per heavy atom. The lowest BCUT2D eigenvalue weighted by Crippen LogP contribution is -2.65. The highest BCUT2D eigenvalue weighted by atomic mass is 16.2. The minimum atomic E-state index is -0.219. The Morgan fingerprint density at radius 3 is 2.50 bits per heavy atom. The Labute approximate surface area is 83.8 Å². The molecule has 0 radical (unpaired) electrons. The van der Waals surface area contributed by atoms with Crippen LogP contribution in [0.4, 0.5) is 0 Å². The van der Waals surface area contributed by atoms with E-state index in [4.69, 9.17) is 0 Å². The molecule has 0 aromatic carbocycles. The predicted octanol–water partition coefficient (Wildman–Crippen LogP) is 1.63. The highest BCUT2D eigenvalue weighted by Gasteiger charge is 2.53. The maximum absolute atomic E-state index is 11.5. The van der Waals surface area contributed by atoms with Crippen LogP contribution in [0.5, 0.6) is 0 Å². The second-order valence-corrected chi connectivity index (χ2v) is 4.23. The van der Waals surface area contributed by atoms with Gasteiger partial charge in [-0.2, -0.15) is 0 Å². The lowest BCUT2D eigenvalue weighted by atomic mass is 9.72. The van der Waals surface area contributed by atoms with Crippen LogP contribution in [0.1, 0.15) is 38.5 Å². The highest BCUT2D eigenvalue weighted by molar-refractivity contribution is 6.06. The van der Waals surface area contributed by atoms with Crippen LogP contribution in [0.25, 0.3) is 0 Å². The van der Waals surface area contributed by atoms with Crippen LogP contribution < -0.4 is 0 Å². The molecular formula is C11H15NO2. The first-order valence-corrected chi connectivity index (χ1v) is 5.19. The second-order valence-electron chi connectivity index (χ2n) is 4.23. The van der Waals surface area contributed by atoms with Gasteiger partial charge in [0.05, 0.1) is 12.0 Å². The predicted molar refractivity (Wildman–Crippen MR) is 52.5 cm³/mol. The van der Waals surface area contributed by atoms with Crippen LogP contribution in [0, 0.1) is 0 Å². The van der Waals surface area contributed by atoms with Gasteiger partial charge in [0.2, 0.25) is 5.91 Å². The Bertz CT molecular complexity index is 290. The van der Waals surface area contributed by atoms with E-state index in [1.54, 1.807) is 0 Å². The van der Waals surface area contributed by atoms with Gasteiger partial charge in [0.15, 0.2) is 0 Å². The zero-order chi connectivity index (χ0) is 10.2. The third-order valence-corrected chi connectivity index (χ3v) is 3.38. The molecule has 1 saturated carbocycles. The van der Waals surface area contributed by atoms with Crippen molar-refractivity contribution in [2.75, 3.05) is 0 Å². The van der Waals surface area contributed by atoms with Crippen molar-refractivity contribution < 1.29 is 9.59 Å². The van der Waals surface area contributed by atoms with Crippen LogP contribution in [0.3, 0.4) is 0 Å². The zero-order valence-electron chi connectivity index (χ0n) is 8.29. The van der Waals surface area contributed by atoms with Gasteiger partial charge in [-0.1, -0.05) is 25.8 Å². The standard InChI is InChI=1S/C11H15NO2/c1-2-9(13)12-10(14)8-11(12)6-4-3-5-7-11/h2H,1,3-8H2. The van der Waals surface area contributed by atoms with Crippen LogP contribution >= 0.6 is 0 Å². The summed E-state index contributed by atoms with van der Waals surface area (Å²) in [5, 5.41) is 0. The fourth-order valence-electron chi connectivity index (χ4n) is 2.67. The van der Waals surface area contributed by atoms with Crippen molar-refractivity contribution in [3.05, 3.63) is 12.7 Å². The molecule has 2 aliphatic rings. The Hall–Kier alpha value is -1.12. The summed E-state index contributed by atoms with van der Waals surface area (Å²) in [7, 11) is 0. The SMILES string of the molecule is C=CC(=O)N1C(=O)CC12CCCCC2. The van der Waals surface area contributed by atoms with Crippen molar-refractivity contribution in [3.8, 4) is 0 Å². The number of imide groups is 1. The van der Waals surface area contributed by atoms with Gasteiger partial charge in [-0.25, -0.2) is 0 Å². The van der Waals surface area contributed by atoms with Gasteiger partial charge in [-0.05, 0) is 18.9 Å². The summed E-state index contributed by atoms with van der Waals surface area (Å²) in [6.45, 7) is 3.43. The van der Waals surface area contributed by atoms with Crippen LogP contribution in [-0.4, -0.2) is 22.3 Å². The molecule has 1 aliphatic carbocycles. The molecule has 1 heterocycles. The van der Waals surface area contributed by atoms with Gasteiger partial charge in [-0.3, -0.25) is 14.5 Å². The molecule has 0 aromatic heterocycles. The van der Waals surface area contributed by atoms with Gasteiger partial charge in [-0.15, -0.1) is 0 Å². The molecule has 0 unspecified atom stereocenters. The van der Waals surface area contributed by atoms with Crippen molar-refractivity contribution in [2.45, 2.75) is 44.1 Å². The molecule has 0 atom stereocenters. The zero-order valence-corrected chi connectivity index (χ0v) is 8.29. The summed E-state index contributed by atoms with van der Waals surface area (Å²) in [4.78, 5) is 24.3. The molecule has 2 fully saturated rings. The summed E-state index contributed by atoms with van der Waals surface area (Å²) < 4.78 is 0.